The molecule has 0 atom stereocenters. The molecule has 0 aliphatic heterocycles. The monoisotopic (exact) mass is 284 g/mol. The Kier molecular flexibility index (Phi) is 5.94. The summed E-state index contributed by atoms with van der Waals surface area (Å²) in [6.45, 7) is 8.40. The first kappa shape index (κ1) is 16.1. The second-order valence-electron chi connectivity index (χ2n) is 5.43. The minimum absolute atomic E-state index is 0.108. The van der Waals surface area contributed by atoms with E-state index in [-0.39, 0.29) is 5.91 Å². The third-order valence-electron chi connectivity index (χ3n) is 2.80. The molecule has 0 saturated carbocycles. The van der Waals surface area contributed by atoms with Crippen LogP contribution < -0.4 is 0 Å². The average Bonchev–Trinajstić information content (AvgIpc) is 2.70. The fourth-order valence-corrected chi connectivity index (χ4v) is 2.59. The minimum Gasteiger partial charge on any atom is -0.389 e. The van der Waals surface area contributed by atoms with Crippen molar-refractivity contribution < 1.29 is 9.90 Å². The van der Waals surface area contributed by atoms with Crippen molar-refractivity contribution in [2.75, 3.05) is 13.1 Å². The maximum Gasteiger partial charge on any atom is 0.222 e. The number of thiazole rings is 1. The highest BCUT2D eigenvalue weighted by Crippen LogP contribution is 2.12. The molecule has 1 amide bonds. The van der Waals surface area contributed by atoms with E-state index in [1.54, 1.807) is 30.1 Å². The van der Waals surface area contributed by atoms with E-state index in [0.29, 0.717) is 19.5 Å². The van der Waals surface area contributed by atoms with E-state index in [9.17, 15) is 9.90 Å². The van der Waals surface area contributed by atoms with Crippen LogP contribution in [-0.2, 0) is 11.2 Å². The van der Waals surface area contributed by atoms with Crippen molar-refractivity contribution in [3.05, 3.63) is 16.1 Å². The summed E-state index contributed by atoms with van der Waals surface area (Å²) in [5.74, 6) is 0.108. The number of hydrogen-bond acceptors (Lipinski definition) is 4. The van der Waals surface area contributed by atoms with Gasteiger partial charge in [-0.1, -0.05) is 0 Å². The molecule has 0 aromatic carbocycles. The second kappa shape index (κ2) is 7.01. The van der Waals surface area contributed by atoms with Gasteiger partial charge < -0.3 is 10.0 Å². The molecule has 4 nitrogen and oxygen atoms in total. The summed E-state index contributed by atoms with van der Waals surface area (Å²) >= 11 is 1.64. The standard InChI is InChI=1S/C14H24N2O2S/c1-5-16(10-14(3,4)18)13(17)8-6-7-12-9-19-11(2)15-12/h9,18H,5-8,10H2,1-4H3. The van der Waals surface area contributed by atoms with Crippen molar-refractivity contribution in [1.29, 1.82) is 0 Å². The summed E-state index contributed by atoms with van der Waals surface area (Å²) in [7, 11) is 0. The maximum absolute atomic E-state index is 12.0. The normalized spacial score (nSPS) is 11.6. The zero-order valence-electron chi connectivity index (χ0n) is 12.3. The van der Waals surface area contributed by atoms with Gasteiger partial charge in [0.2, 0.25) is 5.91 Å². The fourth-order valence-electron chi connectivity index (χ4n) is 1.95. The van der Waals surface area contributed by atoms with Gasteiger partial charge in [-0.2, -0.15) is 0 Å². The molecule has 5 heteroatoms. The number of rotatable bonds is 7. The number of carbonyl (C=O) groups is 1. The Morgan fingerprint density at radius 1 is 1.53 bits per heavy atom. The summed E-state index contributed by atoms with van der Waals surface area (Å²) in [5, 5.41) is 12.9. The molecule has 0 saturated heterocycles. The summed E-state index contributed by atoms with van der Waals surface area (Å²) in [5.41, 5.74) is 0.235. The predicted molar refractivity (Wildman–Crippen MR) is 78.3 cm³/mol. The van der Waals surface area contributed by atoms with E-state index < -0.39 is 5.60 Å². The lowest BCUT2D eigenvalue weighted by Gasteiger charge is -2.28. The molecular weight excluding hydrogens is 260 g/mol. The van der Waals surface area contributed by atoms with Crippen LogP contribution in [0, 0.1) is 6.92 Å². The third kappa shape index (κ3) is 6.16. The summed E-state index contributed by atoms with van der Waals surface area (Å²) < 4.78 is 0. The van der Waals surface area contributed by atoms with Crippen LogP contribution in [0.5, 0.6) is 0 Å². The van der Waals surface area contributed by atoms with E-state index >= 15 is 0 Å². The van der Waals surface area contributed by atoms with Crippen molar-refractivity contribution in [2.24, 2.45) is 0 Å². The van der Waals surface area contributed by atoms with Crippen LogP contribution in [0.15, 0.2) is 5.38 Å². The van der Waals surface area contributed by atoms with E-state index in [2.05, 4.69) is 4.98 Å². The van der Waals surface area contributed by atoms with Gasteiger partial charge >= 0.3 is 0 Å². The Bertz CT molecular complexity index is 410. The molecule has 0 aliphatic rings. The van der Waals surface area contributed by atoms with Gasteiger partial charge in [-0.15, -0.1) is 11.3 Å². The van der Waals surface area contributed by atoms with Gasteiger partial charge in [0.1, 0.15) is 0 Å². The highest BCUT2D eigenvalue weighted by atomic mass is 32.1. The second-order valence-corrected chi connectivity index (χ2v) is 6.49. The lowest BCUT2D eigenvalue weighted by molar-refractivity contribution is -0.134. The number of aliphatic hydroxyl groups is 1. The Hall–Kier alpha value is -0.940. The van der Waals surface area contributed by atoms with E-state index in [1.165, 1.54) is 0 Å². The fraction of sp³-hybridized carbons (Fsp3) is 0.714. The average molecular weight is 284 g/mol. The van der Waals surface area contributed by atoms with E-state index in [1.807, 2.05) is 19.2 Å². The summed E-state index contributed by atoms with van der Waals surface area (Å²) in [4.78, 5) is 18.1. The van der Waals surface area contributed by atoms with Gasteiger partial charge in [0.15, 0.2) is 0 Å². The van der Waals surface area contributed by atoms with Crippen LogP contribution in [0.25, 0.3) is 0 Å². The molecule has 0 aliphatic carbocycles. The van der Waals surface area contributed by atoms with Crippen molar-refractivity contribution in [3.63, 3.8) is 0 Å². The zero-order chi connectivity index (χ0) is 14.5. The molecule has 1 rings (SSSR count). The molecule has 108 valence electrons. The number of aromatic nitrogens is 1. The van der Waals surface area contributed by atoms with E-state index in [4.69, 9.17) is 0 Å². The minimum atomic E-state index is -0.836. The van der Waals surface area contributed by atoms with Crippen molar-refractivity contribution in [3.8, 4) is 0 Å². The van der Waals surface area contributed by atoms with Crippen LogP contribution in [0.1, 0.15) is 44.3 Å². The largest absolute Gasteiger partial charge is 0.389 e. The van der Waals surface area contributed by atoms with Gasteiger partial charge in [0.05, 0.1) is 16.3 Å². The smallest absolute Gasteiger partial charge is 0.222 e. The molecule has 0 fully saturated rings. The van der Waals surface area contributed by atoms with Gasteiger partial charge in [0, 0.05) is 24.9 Å². The van der Waals surface area contributed by atoms with Gasteiger partial charge in [0.25, 0.3) is 0 Å². The Balaban J connectivity index is 2.36. The maximum atomic E-state index is 12.0. The molecule has 1 heterocycles. The number of carbonyl (C=O) groups excluding carboxylic acids is 1. The number of likely N-dealkylation sites (N-methyl/N-ethyl adjacent to an activating group) is 1. The summed E-state index contributed by atoms with van der Waals surface area (Å²) in [6.07, 6.45) is 2.17. The Morgan fingerprint density at radius 3 is 2.68 bits per heavy atom. The van der Waals surface area contributed by atoms with Crippen molar-refractivity contribution in [1.82, 2.24) is 9.88 Å². The quantitative estimate of drug-likeness (QED) is 0.836. The SMILES string of the molecule is CCN(CC(C)(C)O)C(=O)CCCc1csc(C)n1. The van der Waals surface area contributed by atoms with Crippen molar-refractivity contribution >= 4 is 17.2 Å². The molecule has 0 radical (unpaired) electrons. The van der Waals surface area contributed by atoms with Gasteiger partial charge in [-0.25, -0.2) is 4.98 Å². The molecule has 0 bridgehead atoms. The van der Waals surface area contributed by atoms with Crippen molar-refractivity contribution in [2.45, 2.75) is 52.6 Å². The van der Waals surface area contributed by atoms with Gasteiger partial charge in [-0.05, 0) is 40.5 Å². The molecular formula is C14H24N2O2S. The number of hydrogen-bond donors (Lipinski definition) is 1. The summed E-state index contributed by atoms with van der Waals surface area (Å²) in [6, 6.07) is 0. The van der Waals surface area contributed by atoms with Crippen LogP contribution >= 0.6 is 11.3 Å². The molecule has 19 heavy (non-hydrogen) atoms. The first-order chi connectivity index (χ1) is 8.81. The zero-order valence-corrected chi connectivity index (χ0v) is 13.1. The molecule has 1 aromatic heterocycles. The Morgan fingerprint density at radius 2 is 2.21 bits per heavy atom. The first-order valence-electron chi connectivity index (χ1n) is 6.73. The molecule has 0 spiro atoms. The molecule has 1 aromatic rings. The van der Waals surface area contributed by atoms with Crippen LogP contribution in [-0.4, -0.2) is 39.6 Å². The predicted octanol–water partition coefficient (Wildman–Crippen LogP) is 2.39. The molecule has 0 unspecified atom stereocenters. The lowest BCUT2D eigenvalue weighted by atomic mass is 10.1. The van der Waals surface area contributed by atoms with E-state index in [0.717, 1.165) is 23.5 Å². The number of aryl methyl sites for hydroxylation is 2. The Labute approximate surface area is 119 Å². The van der Waals surface area contributed by atoms with Gasteiger partial charge in [-0.3, -0.25) is 4.79 Å². The van der Waals surface area contributed by atoms with Crippen LogP contribution in [0.4, 0.5) is 0 Å². The molecule has 1 N–H and O–H groups in total. The number of nitrogens with zero attached hydrogens (tertiary/aromatic N) is 2. The highest BCUT2D eigenvalue weighted by molar-refractivity contribution is 7.09. The number of amides is 1. The third-order valence-corrected chi connectivity index (χ3v) is 3.62. The lowest BCUT2D eigenvalue weighted by Crippen LogP contribution is -2.42. The van der Waals surface area contributed by atoms with Crippen LogP contribution in [0.2, 0.25) is 0 Å². The topological polar surface area (TPSA) is 53.4 Å². The first-order valence-corrected chi connectivity index (χ1v) is 7.61. The highest BCUT2D eigenvalue weighted by Gasteiger charge is 2.20. The van der Waals surface area contributed by atoms with Crippen LogP contribution in [0.3, 0.4) is 0 Å².